The molecule has 0 bridgehead atoms. The standard InChI is InChI=1S/C48H92O6/c1-5-7-9-11-13-15-17-18-19-20-21-22-23-25-26-31-35-39-46(49)52-42-45(43-53-47(50)40-36-32-29-28-30-34-38-44(3)4)54-48(51)41-37-33-27-24-16-14-12-10-8-6-2/h44-45H,5-43H2,1-4H3/t45-/m0/s1. The van der Waals surface area contributed by atoms with Gasteiger partial charge in [-0.25, -0.2) is 0 Å². The average molecular weight is 765 g/mol. The highest BCUT2D eigenvalue weighted by atomic mass is 16.6. The molecule has 0 unspecified atom stereocenters. The number of hydrogen-bond donors (Lipinski definition) is 0. The average Bonchev–Trinajstić information content (AvgIpc) is 3.15. The van der Waals surface area contributed by atoms with E-state index in [2.05, 4.69) is 27.7 Å². The van der Waals surface area contributed by atoms with Gasteiger partial charge in [-0.05, 0) is 25.2 Å². The molecule has 0 aliphatic heterocycles. The van der Waals surface area contributed by atoms with E-state index in [9.17, 15) is 14.4 Å². The summed E-state index contributed by atoms with van der Waals surface area (Å²) in [4.78, 5) is 37.7. The Labute approximate surface area is 336 Å². The van der Waals surface area contributed by atoms with Gasteiger partial charge in [0.25, 0.3) is 0 Å². The zero-order valence-corrected chi connectivity index (χ0v) is 36.7. The second kappa shape index (κ2) is 42.6. The molecule has 0 aromatic rings. The predicted octanol–water partition coefficient (Wildman–Crippen LogP) is 15.1. The topological polar surface area (TPSA) is 78.9 Å². The first-order valence-corrected chi connectivity index (χ1v) is 23.9. The van der Waals surface area contributed by atoms with Crippen molar-refractivity contribution in [3.63, 3.8) is 0 Å². The van der Waals surface area contributed by atoms with E-state index in [1.54, 1.807) is 0 Å². The number of carbonyl (C=O) groups is 3. The lowest BCUT2D eigenvalue weighted by Crippen LogP contribution is -2.30. The van der Waals surface area contributed by atoms with Gasteiger partial charge in [-0.1, -0.05) is 227 Å². The van der Waals surface area contributed by atoms with Crippen LogP contribution in [0.15, 0.2) is 0 Å². The number of esters is 3. The highest BCUT2D eigenvalue weighted by molar-refractivity contribution is 5.71. The maximum atomic E-state index is 12.7. The Balaban J connectivity index is 4.23. The first kappa shape index (κ1) is 52.4. The minimum Gasteiger partial charge on any atom is -0.462 e. The molecule has 0 aromatic heterocycles. The Morgan fingerprint density at radius 1 is 0.352 bits per heavy atom. The van der Waals surface area contributed by atoms with Crippen LogP contribution in [0.3, 0.4) is 0 Å². The van der Waals surface area contributed by atoms with Gasteiger partial charge in [-0.15, -0.1) is 0 Å². The molecule has 1 atom stereocenters. The maximum absolute atomic E-state index is 12.7. The van der Waals surface area contributed by atoms with Crippen molar-refractivity contribution in [1.29, 1.82) is 0 Å². The van der Waals surface area contributed by atoms with Gasteiger partial charge < -0.3 is 14.2 Å². The van der Waals surface area contributed by atoms with E-state index in [-0.39, 0.29) is 31.1 Å². The van der Waals surface area contributed by atoms with Crippen LogP contribution < -0.4 is 0 Å². The van der Waals surface area contributed by atoms with Crippen molar-refractivity contribution in [3.05, 3.63) is 0 Å². The summed E-state index contributed by atoms with van der Waals surface area (Å²) in [6.45, 7) is 8.93. The molecule has 0 heterocycles. The zero-order valence-electron chi connectivity index (χ0n) is 36.7. The largest absolute Gasteiger partial charge is 0.462 e. The van der Waals surface area contributed by atoms with Crippen LogP contribution in [-0.4, -0.2) is 37.2 Å². The van der Waals surface area contributed by atoms with Crippen molar-refractivity contribution in [1.82, 2.24) is 0 Å². The summed E-state index contributed by atoms with van der Waals surface area (Å²) in [5.41, 5.74) is 0. The zero-order chi connectivity index (χ0) is 39.6. The SMILES string of the molecule is CCCCCCCCCCCCCCCCCCCC(=O)OC[C@@H](COC(=O)CCCCCCCCC(C)C)OC(=O)CCCCCCCCCCCC. The van der Waals surface area contributed by atoms with E-state index in [0.29, 0.717) is 19.3 Å². The Kier molecular flexibility index (Phi) is 41.3. The highest BCUT2D eigenvalue weighted by Gasteiger charge is 2.19. The van der Waals surface area contributed by atoms with Crippen molar-refractivity contribution in [3.8, 4) is 0 Å². The van der Waals surface area contributed by atoms with Gasteiger partial charge in [0.05, 0.1) is 0 Å². The van der Waals surface area contributed by atoms with E-state index in [1.165, 1.54) is 161 Å². The summed E-state index contributed by atoms with van der Waals surface area (Å²) in [7, 11) is 0. The van der Waals surface area contributed by atoms with Gasteiger partial charge in [0, 0.05) is 19.3 Å². The van der Waals surface area contributed by atoms with E-state index >= 15 is 0 Å². The summed E-state index contributed by atoms with van der Waals surface area (Å²) in [5.74, 6) is -0.0938. The lowest BCUT2D eigenvalue weighted by atomic mass is 10.0. The second-order valence-electron chi connectivity index (χ2n) is 16.9. The maximum Gasteiger partial charge on any atom is 0.306 e. The molecule has 0 fully saturated rings. The molecule has 0 aromatic carbocycles. The van der Waals surface area contributed by atoms with Crippen LogP contribution in [0.1, 0.15) is 265 Å². The van der Waals surface area contributed by atoms with Crippen LogP contribution in [0, 0.1) is 5.92 Å². The summed E-state index contributed by atoms with van der Waals surface area (Å²) in [6, 6.07) is 0. The molecule has 0 rings (SSSR count). The van der Waals surface area contributed by atoms with Crippen LogP contribution in [0.25, 0.3) is 0 Å². The molecule has 0 saturated carbocycles. The van der Waals surface area contributed by atoms with Gasteiger partial charge in [-0.2, -0.15) is 0 Å². The summed E-state index contributed by atoms with van der Waals surface area (Å²) in [5, 5.41) is 0. The Hall–Kier alpha value is -1.59. The fraction of sp³-hybridized carbons (Fsp3) is 0.938. The van der Waals surface area contributed by atoms with Crippen LogP contribution >= 0.6 is 0 Å². The third-order valence-electron chi connectivity index (χ3n) is 10.8. The molecule has 0 spiro atoms. The van der Waals surface area contributed by atoms with E-state index in [0.717, 1.165) is 63.7 Å². The molecular weight excluding hydrogens is 673 g/mol. The van der Waals surface area contributed by atoms with Crippen molar-refractivity contribution in [2.24, 2.45) is 5.92 Å². The first-order chi connectivity index (χ1) is 26.4. The molecule has 0 amide bonds. The molecule has 0 aliphatic rings. The molecule has 320 valence electrons. The smallest absolute Gasteiger partial charge is 0.306 e. The van der Waals surface area contributed by atoms with Crippen LogP contribution in [0.5, 0.6) is 0 Å². The summed E-state index contributed by atoms with van der Waals surface area (Å²) >= 11 is 0. The van der Waals surface area contributed by atoms with Crippen molar-refractivity contribution < 1.29 is 28.6 Å². The molecule has 0 N–H and O–H groups in total. The van der Waals surface area contributed by atoms with Gasteiger partial charge >= 0.3 is 17.9 Å². The van der Waals surface area contributed by atoms with Gasteiger partial charge in [-0.3, -0.25) is 14.4 Å². The van der Waals surface area contributed by atoms with E-state index in [1.807, 2.05) is 0 Å². The molecular formula is C48H92O6. The quantitative estimate of drug-likeness (QED) is 0.0349. The predicted molar refractivity (Wildman–Crippen MR) is 229 cm³/mol. The fourth-order valence-corrected chi connectivity index (χ4v) is 7.16. The number of rotatable bonds is 43. The Morgan fingerprint density at radius 2 is 0.611 bits per heavy atom. The molecule has 54 heavy (non-hydrogen) atoms. The molecule has 0 aliphatic carbocycles. The van der Waals surface area contributed by atoms with Gasteiger partial charge in [0.1, 0.15) is 13.2 Å². The molecule has 6 heteroatoms. The number of hydrogen-bond acceptors (Lipinski definition) is 6. The minimum atomic E-state index is -0.759. The van der Waals surface area contributed by atoms with Gasteiger partial charge in [0.2, 0.25) is 0 Å². The van der Waals surface area contributed by atoms with Crippen LogP contribution in [-0.2, 0) is 28.6 Å². The number of ether oxygens (including phenoxy) is 3. The van der Waals surface area contributed by atoms with Crippen LogP contribution in [0.4, 0.5) is 0 Å². The molecule has 0 radical (unpaired) electrons. The molecule has 0 saturated heterocycles. The Morgan fingerprint density at radius 3 is 0.907 bits per heavy atom. The van der Waals surface area contributed by atoms with Crippen molar-refractivity contribution >= 4 is 17.9 Å². The van der Waals surface area contributed by atoms with Crippen LogP contribution in [0.2, 0.25) is 0 Å². The normalized spacial score (nSPS) is 11.9. The number of unbranched alkanes of at least 4 members (excludes halogenated alkanes) is 30. The minimum absolute atomic E-state index is 0.0643. The lowest BCUT2D eigenvalue weighted by molar-refractivity contribution is -0.167. The third-order valence-corrected chi connectivity index (χ3v) is 10.8. The number of carbonyl (C=O) groups excluding carboxylic acids is 3. The van der Waals surface area contributed by atoms with E-state index < -0.39 is 6.10 Å². The Bertz CT molecular complexity index is 811. The van der Waals surface area contributed by atoms with Gasteiger partial charge in [0.15, 0.2) is 6.10 Å². The van der Waals surface area contributed by atoms with Crippen molar-refractivity contribution in [2.75, 3.05) is 13.2 Å². The monoisotopic (exact) mass is 765 g/mol. The van der Waals surface area contributed by atoms with Crippen molar-refractivity contribution in [2.45, 2.75) is 271 Å². The molecule has 6 nitrogen and oxygen atoms in total. The summed E-state index contributed by atoms with van der Waals surface area (Å²) < 4.78 is 16.7. The summed E-state index contributed by atoms with van der Waals surface area (Å²) in [6.07, 6.45) is 42.5. The first-order valence-electron chi connectivity index (χ1n) is 23.9. The van der Waals surface area contributed by atoms with E-state index in [4.69, 9.17) is 14.2 Å². The highest BCUT2D eigenvalue weighted by Crippen LogP contribution is 2.16. The third kappa shape index (κ3) is 41.6. The fourth-order valence-electron chi connectivity index (χ4n) is 7.16. The second-order valence-corrected chi connectivity index (χ2v) is 16.9. The lowest BCUT2D eigenvalue weighted by Gasteiger charge is -2.18.